The summed E-state index contributed by atoms with van der Waals surface area (Å²) in [6.07, 6.45) is 2.77. The van der Waals surface area contributed by atoms with Crippen LogP contribution >= 0.6 is 0 Å². The molecule has 1 unspecified atom stereocenters. The third kappa shape index (κ3) is 4.32. The maximum atomic E-state index is 5.98. The number of likely N-dealkylation sites (tertiary alicyclic amines) is 1. The van der Waals surface area contributed by atoms with Crippen molar-refractivity contribution in [3.8, 4) is 17.2 Å². The number of ether oxygens (including phenoxy) is 2. The summed E-state index contributed by atoms with van der Waals surface area (Å²) in [5.74, 6) is 2.25. The van der Waals surface area contributed by atoms with Gasteiger partial charge in [0.25, 0.3) is 0 Å². The summed E-state index contributed by atoms with van der Waals surface area (Å²) in [5, 5.41) is 0. The molecule has 0 bridgehead atoms. The molecular weight excluding hydrogens is 302 g/mol. The van der Waals surface area contributed by atoms with E-state index in [0.717, 1.165) is 18.0 Å². The van der Waals surface area contributed by atoms with Gasteiger partial charge in [-0.2, -0.15) is 0 Å². The number of hydrogen-bond acceptors (Lipinski definition) is 5. The van der Waals surface area contributed by atoms with Crippen molar-refractivity contribution in [1.29, 1.82) is 0 Å². The van der Waals surface area contributed by atoms with Gasteiger partial charge in [-0.1, -0.05) is 0 Å². The Morgan fingerprint density at radius 3 is 2.21 bits per heavy atom. The van der Waals surface area contributed by atoms with Crippen molar-refractivity contribution in [2.75, 3.05) is 31.1 Å². The van der Waals surface area contributed by atoms with Crippen LogP contribution in [0.5, 0.6) is 17.2 Å². The Kier molecular flexibility index (Phi) is 5.11. The number of hydrogen-bond donors (Lipinski definition) is 2. The van der Waals surface area contributed by atoms with Crippen LogP contribution in [0.25, 0.3) is 0 Å². The van der Waals surface area contributed by atoms with Gasteiger partial charge in [-0.25, -0.2) is 0 Å². The Bertz CT molecular complexity index is 667. The van der Waals surface area contributed by atoms with Crippen LogP contribution in [-0.4, -0.2) is 30.6 Å². The van der Waals surface area contributed by atoms with Gasteiger partial charge in [-0.15, -0.1) is 0 Å². The molecular formula is C19H25N3O2. The molecule has 1 fully saturated rings. The van der Waals surface area contributed by atoms with Gasteiger partial charge >= 0.3 is 0 Å². The van der Waals surface area contributed by atoms with E-state index in [0.29, 0.717) is 17.1 Å². The molecule has 4 N–H and O–H groups in total. The van der Waals surface area contributed by atoms with Crippen LogP contribution in [0.4, 0.5) is 11.4 Å². The van der Waals surface area contributed by atoms with E-state index in [2.05, 4.69) is 11.8 Å². The Balaban J connectivity index is 1.55. The predicted octanol–water partition coefficient (Wildman–Crippen LogP) is 3.51. The monoisotopic (exact) mass is 327 g/mol. The molecule has 0 saturated carbocycles. The van der Waals surface area contributed by atoms with Crippen molar-refractivity contribution >= 4 is 11.4 Å². The van der Waals surface area contributed by atoms with E-state index < -0.39 is 0 Å². The lowest BCUT2D eigenvalue weighted by molar-refractivity contribution is 0.162. The second-order valence-electron chi connectivity index (χ2n) is 6.30. The molecule has 1 saturated heterocycles. The fraction of sp³-hybridized carbons (Fsp3) is 0.368. The molecule has 1 atom stereocenters. The Morgan fingerprint density at radius 1 is 0.917 bits per heavy atom. The quantitative estimate of drug-likeness (QED) is 0.794. The summed E-state index contributed by atoms with van der Waals surface area (Å²) >= 11 is 0. The van der Waals surface area contributed by atoms with Crippen molar-refractivity contribution in [2.24, 2.45) is 0 Å². The van der Waals surface area contributed by atoms with Crippen LogP contribution in [0.2, 0.25) is 0 Å². The highest BCUT2D eigenvalue weighted by atomic mass is 16.5. The summed E-state index contributed by atoms with van der Waals surface area (Å²) in [5.41, 5.74) is 12.6. The first-order valence-electron chi connectivity index (χ1n) is 8.42. The molecule has 2 aromatic rings. The fourth-order valence-corrected chi connectivity index (χ4v) is 2.94. The molecule has 1 aliphatic rings. The van der Waals surface area contributed by atoms with Gasteiger partial charge < -0.3 is 20.9 Å². The zero-order chi connectivity index (χ0) is 16.9. The summed E-state index contributed by atoms with van der Waals surface area (Å²) in [4.78, 5) is 2.45. The largest absolute Gasteiger partial charge is 0.489 e. The highest BCUT2D eigenvalue weighted by Gasteiger charge is 2.15. The second kappa shape index (κ2) is 7.45. The van der Waals surface area contributed by atoms with Gasteiger partial charge in [-0.3, -0.25) is 4.90 Å². The molecule has 3 rings (SSSR count). The lowest BCUT2D eigenvalue weighted by Crippen LogP contribution is -2.31. The highest BCUT2D eigenvalue weighted by molar-refractivity contribution is 5.65. The average Bonchev–Trinajstić information content (AvgIpc) is 3.06. The fourth-order valence-electron chi connectivity index (χ4n) is 2.94. The number of anilines is 2. The highest BCUT2D eigenvalue weighted by Crippen LogP contribution is 2.28. The number of nitrogens with two attached hydrogens (primary N) is 2. The molecule has 1 heterocycles. The Hall–Kier alpha value is -2.40. The third-order valence-corrected chi connectivity index (χ3v) is 4.17. The standard InChI is InChI=1S/C19H25N3O2/c1-14(13-22-10-2-3-11-22)23-15-4-6-16(7-5-15)24-17-8-9-18(20)19(21)12-17/h4-9,12,14H,2-3,10-11,13,20-21H2,1H3. The zero-order valence-corrected chi connectivity index (χ0v) is 14.1. The van der Waals surface area contributed by atoms with Gasteiger partial charge in [0.15, 0.2) is 0 Å². The van der Waals surface area contributed by atoms with Crippen molar-refractivity contribution in [3.05, 3.63) is 42.5 Å². The van der Waals surface area contributed by atoms with E-state index in [9.17, 15) is 0 Å². The van der Waals surface area contributed by atoms with E-state index in [1.165, 1.54) is 25.9 Å². The first-order valence-corrected chi connectivity index (χ1v) is 8.42. The molecule has 128 valence electrons. The summed E-state index contributed by atoms with van der Waals surface area (Å²) in [7, 11) is 0. The first-order chi connectivity index (χ1) is 11.6. The smallest absolute Gasteiger partial charge is 0.129 e. The van der Waals surface area contributed by atoms with Crippen LogP contribution in [0.3, 0.4) is 0 Å². The number of nitrogen functional groups attached to an aromatic ring is 2. The van der Waals surface area contributed by atoms with Crippen molar-refractivity contribution in [3.63, 3.8) is 0 Å². The van der Waals surface area contributed by atoms with Gasteiger partial charge in [0.05, 0.1) is 11.4 Å². The number of rotatable bonds is 6. The molecule has 24 heavy (non-hydrogen) atoms. The average molecular weight is 327 g/mol. The zero-order valence-electron chi connectivity index (χ0n) is 14.1. The van der Waals surface area contributed by atoms with Gasteiger partial charge in [0.1, 0.15) is 23.4 Å². The van der Waals surface area contributed by atoms with E-state index in [1.807, 2.05) is 24.3 Å². The molecule has 0 radical (unpaired) electrons. The minimum Gasteiger partial charge on any atom is -0.489 e. The summed E-state index contributed by atoms with van der Waals surface area (Å²) < 4.78 is 11.8. The van der Waals surface area contributed by atoms with Crippen LogP contribution in [-0.2, 0) is 0 Å². The van der Waals surface area contributed by atoms with Crippen LogP contribution in [0, 0.1) is 0 Å². The van der Waals surface area contributed by atoms with E-state index >= 15 is 0 Å². The first kappa shape index (κ1) is 16.5. The predicted molar refractivity (Wildman–Crippen MR) is 97.5 cm³/mol. The Morgan fingerprint density at radius 2 is 1.54 bits per heavy atom. The van der Waals surface area contributed by atoms with Gasteiger partial charge in [0.2, 0.25) is 0 Å². The molecule has 0 spiro atoms. The maximum Gasteiger partial charge on any atom is 0.129 e. The molecule has 2 aromatic carbocycles. The van der Waals surface area contributed by atoms with E-state index in [1.54, 1.807) is 18.2 Å². The SMILES string of the molecule is CC(CN1CCCC1)Oc1ccc(Oc2ccc(N)c(N)c2)cc1. The lowest BCUT2D eigenvalue weighted by Gasteiger charge is -2.21. The topological polar surface area (TPSA) is 73.7 Å². The molecule has 5 nitrogen and oxygen atoms in total. The molecule has 0 aliphatic carbocycles. The molecule has 1 aliphatic heterocycles. The Labute approximate surface area is 143 Å². The molecule has 5 heteroatoms. The maximum absolute atomic E-state index is 5.98. The molecule has 0 aromatic heterocycles. The summed E-state index contributed by atoms with van der Waals surface area (Å²) in [6.45, 7) is 5.46. The van der Waals surface area contributed by atoms with Gasteiger partial charge in [-0.05, 0) is 69.3 Å². The van der Waals surface area contributed by atoms with E-state index in [-0.39, 0.29) is 6.10 Å². The van der Waals surface area contributed by atoms with Crippen LogP contribution in [0.15, 0.2) is 42.5 Å². The third-order valence-electron chi connectivity index (χ3n) is 4.17. The van der Waals surface area contributed by atoms with Gasteiger partial charge in [0, 0.05) is 12.6 Å². The second-order valence-corrected chi connectivity index (χ2v) is 6.30. The van der Waals surface area contributed by atoms with Crippen molar-refractivity contribution in [2.45, 2.75) is 25.9 Å². The lowest BCUT2D eigenvalue weighted by atomic mass is 10.2. The van der Waals surface area contributed by atoms with Crippen molar-refractivity contribution in [1.82, 2.24) is 4.90 Å². The summed E-state index contributed by atoms with van der Waals surface area (Å²) in [6, 6.07) is 12.9. The minimum absolute atomic E-state index is 0.173. The number of benzene rings is 2. The molecule has 0 amide bonds. The van der Waals surface area contributed by atoms with Crippen LogP contribution in [0.1, 0.15) is 19.8 Å². The van der Waals surface area contributed by atoms with E-state index in [4.69, 9.17) is 20.9 Å². The van der Waals surface area contributed by atoms with Crippen LogP contribution < -0.4 is 20.9 Å². The number of nitrogens with zero attached hydrogens (tertiary/aromatic N) is 1. The normalized spacial score (nSPS) is 16.0. The minimum atomic E-state index is 0.173. The van der Waals surface area contributed by atoms with Crippen molar-refractivity contribution < 1.29 is 9.47 Å².